The average molecular weight is 374 g/mol. The van der Waals surface area contributed by atoms with Crippen molar-refractivity contribution in [2.45, 2.75) is 11.5 Å². The second kappa shape index (κ2) is 6.54. The maximum atomic E-state index is 13.2. The first kappa shape index (κ1) is 16.2. The minimum absolute atomic E-state index is 0.298. The minimum Gasteiger partial charge on any atom is -0.306 e. The highest BCUT2D eigenvalue weighted by molar-refractivity contribution is 7.98. The Hall–Kier alpha value is -2.31. The van der Waals surface area contributed by atoms with Gasteiger partial charge in [0.1, 0.15) is 11.6 Å². The van der Waals surface area contributed by atoms with Gasteiger partial charge in [0.15, 0.2) is 0 Å². The van der Waals surface area contributed by atoms with E-state index < -0.39 is 0 Å². The molecule has 0 atom stereocenters. The van der Waals surface area contributed by atoms with Crippen molar-refractivity contribution in [3.8, 4) is 5.69 Å². The summed E-state index contributed by atoms with van der Waals surface area (Å²) in [5.41, 5.74) is 3.02. The molecule has 1 amide bonds. The summed E-state index contributed by atoms with van der Waals surface area (Å²) in [4.78, 5) is 12.7. The van der Waals surface area contributed by atoms with Crippen molar-refractivity contribution in [3.63, 3.8) is 0 Å². The van der Waals surface area contributed by atoms with Crippen molar-refractivity contribution in [2.75, 3.05) is 5.32 Å². The van der Waals surface area contributed by atoms with Crippen LogP contribution in [0.3, 0.4) is 0 Å². The first-order chi connectivity index (χ1) is 12.1. The van der Waals surface area contributed by atoms with Gasteiger partial charge in [0.2, 0.25) is 0 Å². The molecule has 0 aliphatic carbocycles. The maximum Gasteiger partial charge on any atom is 0.258 e. The number of carbonyl (C=O) groups excluding carboxylic acids is 1. The molecule has 126 valence electrons. The number of thioether (sulfide) groups is 1. The molecule has 0 bridgehead atoms. The summed E-state index contributed by atoms with van der Waals surface area (Å²) >= 11 is 7.86. The highest BCUT2D eigenvalue weighted by Crippen LogP contribution is 2.36. The maximum absolute atomic E-state index is 13.2. The van der Waals surface area contributed by atoms with Gasteiger partial charge in [-0.05, 0) is 36.4 Å². The van der Waals surface area contributed by atoms with Crippen LogP contribution in [0.25, 0.3) is 5.69 Å². The standard InChI is InChI=1S/C18H13ClFN3OS/c19-15-4-2-1-3-13(15)18(24)21-17-14-9-25-10-16(14)22-23(17)12-7-5-11(20)6-8-12/h1-8H,9-10H2,(H,21,24). The van der Waals surface area contributed by atoms with E-state index in [0.717, 1.165) is 22.8 Å². The van der Waals surface area contributed by atoms with E-state index >= 15 is 0 Å². The van der Waals surface area contributed by atoms with E-state index in [1.165, 1.54) is 12.1 Å². The molecule has 0 fully saturated rings. The van der Waals surface area contributed by atoms with Crippen LogP contribution in [0.4, 0.5) is 10.2 Å². The fraction of sp³-hybridized carbons (Fsp3) is 0.111. The highest BCUT2D eigenvalue weighted by Gasteiger charge is 2.25. The van der Waals surface area contributed by atoms with Gasteiger partial charge >= 0.3 is 0 Å². The quantitative estimate of drug-likeness (QED) is 0.726. The van der Waals surface area contributed by atoms with E-state index in [4.69, 9.17) is 11.6 Å². The molecule has 4 nitrogen and oxygen atoms in total. The van der Waals surface area contributed by atoms with Gasteiger partial charge in [0, 0.05) is 17.1 Å². The van der Waals surface area contributed by atoms with Crippen LogP contribution in [0.1, 0.15) is 21.6 Å². The molecule has 0 radical (unpaired) electrons. The van der Waals surface area contributed by atoms with Gasteiger partial charge in [-0.2, -0.15) is 16.9 Å². The number of carbonyl (C=O) groups is 1. The van der Waals surface area contributed by atoms with E-state index in [-0.39, 0.29) is 11.7 Å². The van der Waals surface area contributed by atoms with Crippen molar-refractivity contribution < 1.29 is 9.18 Å². The molecule has 1 aromatic heterocycles. The number of hydrogen-bond acceptors (Lipinski definition) is 3. The third-order valence-corrected chi connectivity index (χ3v) is 5.27. The number of rotatable bonds is 3. The van der Waals surface area contributed by atoms with Crippen molar-refractivity contribution >= 4 is 35.1 Å². The lowest BCUT2D eigenvalue weighted by Crippen LogP contribution is -2.16. The van der Waals surface area contributed by atoms with Gasteiger partial charge in [0.25, 0.3) is 5.91 Å². The molecule has 4 rings (SSSR count). The van der Waals surface area contributed by atoms with Crippen molar-refractivity contribution in [2.24, 2.45) is 0 Å². The predicted octanol–water partition coefficient (Wildman–Crippen LogP) is 4.66. The predicted molar refractivity (Wildman–Crippen MR) is 97.9 cm³/mol. The van der Waals surface area contributed by atoms with Crippen molar-refractivity contribution in [1.82, 2.24) is 9.78 Å². The first-order valence-corrected chi connectivity index (χ1v) is 9.17. The summed E-state index contributed by atoms with van der Waals surface area (Å²) in [6.45, 7) is 0. The van der Waals surface area contributed by atoms with Gasteiger partial charge in [-0.1, -0.05) is 23.7 Å². The topological polar surface area (TPSA) is 46.9 Å². The zero-order valence-electron chi connectivity index (χ0n) is 13.0. The molecule has 25 heavy (non-hydrogen) atoms. The zero-order chi connectivity index (χ0) is 17.4. The molecule has 0 saturated heterocycles. The number of aromatic nitrogens is 2. The number of anilines is 1. The Morgan fingerprint density at radius 2 is 1.92 bits per heavy atom. The molecule has 0 unspecified atom stereocenters. The molecule has 1 N–H and O–H groups in total. The lowest BCUT2D eigenvalue weighted by molar-refractivity contribution is 0.102. The molecule has 0 saturated carbocycles. The molecule has 7 heteroatoms. The number of nitrogens with zero attached hydrogens (tertiary/aromatic N) is 2. The molecule has 1 aliphatic heterocycles. The van der Waals surface area contributed by atoms with Crippen LogP contribution < -0.4 is 5.32 Å². The van der Waals surface area contributed by atoms with Crippen molar-refractivity contribution in [3.05, 3.63) is 76.2 Å². The Balaban J connectivity index is 1.75. The second-order valence-corrected chi connectivity index (χ2v) is 6.98. The number of hydrogen-bond donors (Lipinski definition) is 1. The fourth-order valence-electron chi connectivity index (χ4n) is 2.73. The SMILES string of the molecule is O=C(Nc1c2c(nn1-c1ccc(F)cc1)CSC2)c1ccccc1Cl. The van der Waals surface area contributed by atoms with Crippen LogP contribution in [0.5, 0.6) is 0 Å². The minimum atomic E-state index is -0.319. The normalized spacial score (nSPS) is 12.9. The highest BCUT2D eigenvalue weighted by atomic mass is 35.5. The van der Waals surface area contributed by atoms with Crippen LogP contribution in [0, 0.1) is 5.82 Å². The average Bonchev–Trinajstić information content (AvgIpc) is 3.19. The third kappa shape index (κ3) is 3.03. The number of amides is 1. The Labute approximate surface area is 153 Å². The van der Waals surface area contributed by atoms with E-state index in [1.54, 1.807) is 52.8 Å². The van der Waals surface area contributed by atoms with Crippen LogP contribution >= 0.6 is 23.4 Å². The molecule has 2 aromatic carbocycles. The summed E-state index contributed by atoms with van der Waals surface area (Å²) in [5.74, 6) is 1.55. The van der Waals surface area contributed by atoms with Crippen molar-refractivity contribution in [1.29, 1.82) is 0 Å². The Bertz CT molecular complexity index is 955. The van der Waals surface area contributed by atoms with Gasteiger partial charge in [-0.3, -0.25) is 4.79 Å². The first-order valence-electron chi connectivity index (χ1n) is 7.64. The van der Waals surface area contributed by atoms with E-state index in [1.807, 2.05) is 0 Å². The van der Waals surface area contributed by atoms with Crippen LogP contribution in [0.15, 0.2) is 48.5 Å². The summed E-state index contributed by atoms with van der Waals surface area (Å²) in [7, 11) is 0. The van der Waals surface area contributed by atoms with Gasteiger partial charge in [-0.15, -0.1) is 0 Å². The van der Waals surface area contributed by atoms with Gasteiger partial charge in [0.05, 0.1) is 22.0 Å². The molecular weight excluding hydrogens is 361 g/mol. The van der Waals surface area contributed by atoms with Crippen LogP contribution in [-0.4, -0.2) is 15.7 Å². The number of fused-ring (bicyclic) bond motifs is 1. The van der Waals surface area contributed by atoms with E-state index in [0.29, 0.717) is 22.1 Å². The summed E-state index contributed by atoms with van der Waals surface area (Å²) in [6, 6.07) is 12.9. The summed E-state index contributed by atoms with van der Waals surface area (Å²) in [6.07, 6.45) is 0. The molecule has 1 aliphatic rings. The van der Waals surface area contributed by atoms with Crippen LogP contribution in [-0.2, 0) is 11.5 Å². The van der Waals surface area contributed by atoms with Gasteiger partial charge in [-0.25, -0.2) is 9.07 Å². The summed E-state index contributed by atoms with van der Waals surface area (Å²) in [5, 5.41) is 7.90. The molecule has 3 aromatic rings. The lowest BCUT2D eigenvalue weighted by atomic mass is 10.2. The monoisotopic (exact) mass is 373 g/mol. The second-order valence-electron chi connectivity index (χ2n) is 5.59. The lowest BCUT2D eigenvalue weighted by Gasteiger charge is -2.11. The number of halogens is 2. The zero-order valence-corrected chi connectivity index (χ0v) is 14.6. The Morgan fingerprint density at radius 1 is 1.16 bits per heavy atom. The van der Waals surface area contributed by atoms with Crippen LogP contribution in [0.2, 0.25) is 5.02 Å². The molecule has 0 spiro atoms. The molecule has 2 heterocycles. The van der Waals surface area contributed by atoms with E-state index in [2.05, 4.69) is 10.4 Å². The largest absolute Gasteiger partial charge is 0.306 e. The number of benzene rings is 2. The summed E-state index contributed by atoms with van der Waals surface area (Å²) < 4.78 is 14.9. The van der Waals surface area contributed by atoms with E-state index in [9.17, 15) is 9.18 Å². The molecular formula is C18H13ClFN3OS. The Kier molecular flexibility index (Phi) is 4.23. The third-order valence-electron chi connectivity index (χ3n) is 3.97. The van der Waals surface area contributed by atoms with Gasteiger partial charge < -0.3 is 5.32 Å². The number of nitrogens with one attached hydrogen (secondary N) is 1. The Morgan fingerprint density at radius 3 is 2.68 bits per heavy atom. The smallest absolute Gasteiger partial charge is 0.258 e. The fourth-order valence-corrected chi connectivity index (χ4v) is 3.99.